The van der Waals surface area contributed by atoms with E-state index in [1.54, 1.807) is 0 Å². The van der Waals surface area contributed by atoms with Crippen molar-refractivity contribution in [2.45, 2.75) is 46.5 Å². The molecule has 1 aromatic rings. The van der Waals surface area contributed by atoms with Crippen LogP contribution in [0.4, 0.5) is 5.82 Å². The number of hydrogen-bond donors (Lipinski definition) is 1. The highest BCUT2D eigenvalue weighted by Crippen LogP contribution is 2.27. The van der Waals surface area contributed by atoms with Crippen LogP contribution in [0.25, 0.3) is 0 Å². The Hall–Kier alpha value is -0.640. The number of aromatic nitrogens is 2. The maximum atomic E-state index is 5.87. The lowest BCUT2D eigenvalue weighted by Gasteiger charge is -2.12. The molecule has 2 N–H and O–H groups in total. The first-order valence-corrected chi connectivity index (χ1v) is 6.52. The van der Waals surface area contributed by atoms with E-state index in [9.17, 15) is 0 Å². The summed E-state index contributed by atoms with van der Waals surface area (Å²) in [6.45, 7) is 8.62. The van der Waals surface area contributed by atoms with Crippen LogP contribution in [0.5, 0.6) is 0 Å². The Morgan fingerprint density at radius 3 is 2.31 bits per heavy atom. The first-order valence-electron chi connectivity index (χ1n) is 5.73. The predicted octanol–water partition coefficient (Wildman–Crippen LogP) is 3.53. The van der Waals surface area contributed by atoms with E-state index in [1.807, 2.05) is 0 Å². The summed E-state index contributed by atoms with van der Waals surface area (Å²) in [6, 6.07) is 0. The number of aryl methyl sites for hydroxylation is 1. The molecule has 0 saturated heterocycles. The van der Waals surface area contributed by atoms with Crippen molar-refractivity contribution in [1.82, 2.24) is 9.97 Å². The van der Waals surface area contributed by atoms with Crippen LogP contribution in [0.3, 0.4) is 0 Å². The standard InChI is InChI=1S/C12H20BrN3/c1-7(2)5-6-9-15-11(8(3)4)10(13)12(14)16-9/h7-8H,5-6H2,1-4H3,(H2,14,15,16). The largest absolute Gasteiger partial charge is 0.383 e. The first-order chi connectivity index (χ1) is 7.41. The Kier molecular flexibility index (Phi) is 4.71. The second kappa shape index (κ2) is 5.62. The van der Waals surface area contributed by atoms with Crippen LogP contribution in [0.1, 0.15) is 51.6 Å². The molecule has 16 heavy (non-hydrogen) atoms. The zero-order valence-electron chi connectivity index (χ0n) is 10.4. The van der Waals surface area contributed by atoms with E-state index in [1.165, 1.54) is 0 Å². The van der Waals surface area contributed by atoms with Crippen LogP contribution in [0.15, 0.2) is 4.47 Å². The maximum absolute atomic E-state index is 5.87. The smallest absolute Gasteiger partial charge is 0.141 e. The van der Waals surface area contributed by atoms with Crippen LogP contribution in [-0.4, -0.2) is 9.97 Å². The van der Waals surface area contributed by atoms with E-state index in [0.29, 0.717) is 17.7 Å². The second-order valence-electron chi connectivity index (χ2n) is 4.81. The van der Waals surface area contributed by atoms with E-state index in [4.69, 9.17) is 5.73 Å². The lowest BCUT2D eigenvalue weighted by atomic mass is 10.1. The van der Waals surface area contributed by atoms with Gasteiger partial charge in [-0.2, -0.15) is 0 Å². The fourth-order valence-corrected chi connectivity index (χ4v) is 2.08. The summed E-state index contributed by atoms with van der Waals surface area (Å²) in [4.78, 5) is 8.87. The number of nitrogens with zero attached hydrogens (tertiary/aromatic N) is 2. The zero-order valence-corrected chi connectivity index (χ0v) is 12.0. The number of halogens is 1. The quantitative estimate of drug-likeness (QED) is 0.921. The van der Waals surface area contributed by atoms with Gasteiger partial charge in [0, 0.05) is 6.42 Å². The molecule has 1 rings (SSSR count). The third-order valence-electron chi connectivity index (χ3n) is 2.44. The van der Waals surface area contributed by atoms with E-state index >= 15 is 0 Å². The van der Waals surface area contributed by atoms with Gasteiger partial charge in [-0.05, 0) is 34.2 Å². The molecule has 0 radical (unpaired) electrons. The average Bonchev–Trinajstić information content (AvgIpc) is 2.19. The summed E-state index contributed by atoms with van der Waals surface area (Å²) in [7, 11) is 0. The van der Waals surface area contributed by atoms with Gasteiger partial charge in [0.25, 0.3) is 0 Å². The fraction of sp³-hybridized carbons (Fsp3) is 0.667. The van der Waals surface area contributed by atoms with Gasteiger partial charge in [-0.1, -0.05) is 27.7 Å². The molecule has 1 heterocycles. The Morgan fingerprint density at radius 2 is 1.81 bits per heavy atom. The summed E-state index contributed by atoms with van der Waals surface area (Å²) in [5.74, 6) is 2.43. The topological polar surface area (TPSA) is 51.8 Å². The third kappa shape index (κ3) is 3.44. The molecule has 0 spiro atoms. The zero-order chi connectivity index (χ0) is 12.3. The Morgan fingerprint density at radius 1 is 1.19 bits per heavy atom. The van der Waals surface area contributed by atoms with Crippen molar-refractivity contribution in [1.29, 1.82) is 0 Å². The highest BCUT2D eigenvalue weighted by molar-refractivity contribution is 9.10. The molecule has 90 valence electrons. The van der Waals surface area contributed by atoms with Gasteiger partial charge in [0.05, 0.1) is 10.2 Å². The summed E-state index contributed by atoms with van der Waals surface area (Å²) in [5.41, 5.74) is 6.87. The second-order valence-corrected chi connectivity index (χ2v) is 5.60. The average molecular weight is 286 g/mol. The van der Waals surface area contributed by atoms with Crippen LogP contribution < -0.4 is 5.73 Å². The van der Waals surface area contributed by atoms with Crippen molar-refractivity contribution in [2.24, 2.45) is 5.92 Å². The monoisotopic (exact) mass is 285 g/mol. The number of nitrogen functional groups attached to an aromatic ring is 1. The molecule has 3 nitrogen and oxygen atoms in total. The van der Waals surface area contributed by atoms with E-state index in [-0.39, 0.29) is 0 Å². The van der Waals surface area contributed by atoms with Gasteiger partial charge in [0.2, 0.25) is 0 Å². The molecule has 0 aromatic carbocycles. The molecule has 0 saturated carbocycles. The third-order valence-corrected chi connectivity index (χ3v) is 3.25. The molecule has 0 fully saturated rings. The van der Waals surface area contributed by atoms with Crippen molar-refractivity contribution in [2.75, 3.05) is 5.73 Å². The van der Waals surface area contributed by atoms with Gasteiger partial charge in [0.1, 0.15) is 11.6 Å². The van der Waals surface area contributed by atoms with E-state index in [2.05, 4.69) is 53.6 Å². The van der Waals surface area contributed by atoms with Crippen LogP contribution in [0, 0.1) is 5.92 Å². The van der Waals surface area contributed by atoms with Crippen molar-refractivity contribution in [3.63, 3.8) is 0 Å². The minimum atomic E-state index is 0.359. The van der Waals surface area contributed by atoms with Crippen molar-refractivity contribution >= 4 is 21.7 Å². The number of hydrogen-bond acceptors (Lipinski definition) is 3. The van der Waals surface area contributed by atoms with Crippen molar-refractivity contribution < 1.29 is 0 Å². The van der Waals surface area contributed by atoms with Crippen molar-refractivity contribution in [3.8, 4) is 0 Å². The molecule has 1 aromatic heterocycles. The van der Waals surface area contributed by atoms with Crippen LogP contribution in [-0.2, 0) is 6.42 Å². The lowest BCUT2D eigenvalue weighted by Crippen LogP contribution is -2.07. The van der Waals surface area contributed by atoms with Gasteiger partial charge in [-0.25, -0.2) is 9.97 Å². The number of rotatable bonds is 4. The minimum Gasteiger partial charge on any atom is -0.383 e. The number of anilines is 1. The summed E-state index contributed by atoms with van der Waals surface area (Å²) in [6.07, 6.45) is 1.99. The molecule has 0 aliphatic rings. The van der Waals surface area contributed by atoms with Gasteiger partial charge in [-0.3, -0.25) is 0 Å². The van der Waals surface area contributed by atoms with Crippen LogP contribution in [0.2, 0.25) is 0 Å². The van der Waals surface area contributed by atoms with Crippen LogP contribution >= 0.6 is 15.9 Å². The normalized spacial score (nSPS) is 11.4. The summed E-state index contributed by atoms with van der Waals surface area (Å²) >= 11 is 3.44. The molecule has 0 aliphatic carbocycles. The van der Waals surface area contributed by atoms with Gasteiger partial charge in [0.15, 0.2) is 0 Å². The summed E-state index contributed by atoms with van der Waals surface area (Å²) in [5, 5.41) is 0. The Bertz CT molecular complexity index is 362. The van der Waals surface area contributed by atoms with Crippen molar-refractivity contribution in [3.05, 3.63) is 16.0 Å². The highest BCUT2D eigenvalue weighted by atomic mass is 79.9. The SMILES string of the molecule is CC(C)CCc1nc(N)c(Br)c(C(C)C)n1. The van der Waals surface area contributed by atoms with Gasteiger partial charge in [-0.15, -0.1) is 0 Å². The molecule has 4 heteroatoms. The summed E-state index contributed by atoms with van der Waals surface area (Å²) < 4.78 is 0.843. The van der Waals surface area contributed by atoms with Gasteiger partial charge < -0.3 is 5.73 Å². The first kappa shape index (κ1) is 13.4. The van der Waals surface area contributed by atoms with Gasteiger partial charge >= 0.3 is 0 Å². The molecular weight excluding hydrogens is 266 g/mol. The maximum Gasteiger partial charge on any atom is 0.141 e. The number of nitrogens with two attached hydrogens (primary N) is 1. The molecule has 0 amide bonds. The van der Waals surface area contributed by atoms with E-state index in [0.717, 1.165) is 28.8 Å². The van der Waals surface area contributed by atoms with E-state index < -0.39 is 0 Å². The molecule has 0 unspecified atom stereocenters. The Labute approximate surface area is 106 Å². The Balaban J connectivity index is 2.95. The molecular formula is C12H20BrN3. The minimum absolute atomic E-state index is 0.359. The highest BCUT2D eigenvalue weighted by Gasteiger charge is 2.13. The predicted molar refractivity (Wildman–Crippen MR) is 71.4 cm³/mol. The molecule has 0 atom stereocenters. The fourth-order valence-electron chi connectivity index (χ4n) is 1.44. The molecule has 0 bridgehead atoms. The molecule has 0 aliphatic heterocycles. The lowest BCUT2D eigenvalue weighted by molar-refractivity contribution is 0.572.